The van der Waals surface area contributed by atoms with Gasteiger partial charge in [0.1, 0.15) is 23.4 Å². The van der Waals surface area contributed by atoms with E-state index in [1.54, 1.807) is 41.5 Å². The number of rotatable bonds is 3. The molecule has 1 N–H and O–H groups in total. The monoisotopic (exact) mass is 376 g/mol. The molecule has 0 aromatic carbocycles. The highest BCUT2D eigenvalue weighted by Crippen LogP contribution is 2.28. The predicted octanol–water partition coefficient (Wildman–Crippen LogP) is 3.87. The maximum atomic E-state index is 12.0. The highest BCUT2D eigenvalue weighted by atomic mass is 16.8. The van der Waals surface area contributed by atoms with Crippen molar-refractivity contribution < 1.29 is 43.2 Å². The van der Waals surface area contributed by atoms with Crippen LogP contribution in [0.2, 0.25) is 0 Å². The molecule has 1 aliphatic rings. The molecule has 1 aliphatic carbocycles. The molecule has 0 spiro atoms. The van der Waals surface area contributed by atoms with Gasteiger partial charge in [-0.2, -0.15) is 0 Å². The van der Waals surface area contributed by atoms with Gasteiger partial charge in [0.05, 0.1) is 0 Å². The van der Waals surface area contributed by atoms with Crippen LogP contribution in [0.5, 0.6) is 0 Å². The van der Waals surface area contributed by atoms with Crippen molar-refractivity contribution in [3.8, 4) is 0 Å². The fourth-order valence-electron chi connectivity index (χ4n) is 2.40. The van der Waals surface area contributed by atoms with Crippen molar-refractivity contribution in [1.29, 1.82) is 0 Å². The molecule has 150 valence electrons. The lowest BCUT2D eigenvalue weighted by molar-refractivity contribution is -0.136. The average molecular weight is 376 g/mol. The van der Waals surface area contributed by atoms with E-state index in [2.05, 4.69) is 0 Å². The number of ether oxygens (including phenoxy) is 5. The molecule has 0 aromatic heterocycles. The summed E-state index contributed by atoms with van der Waals surface area (Å²) in [5.74, 6) is 0. The molecule has 0 saturated heterocycles. The number of hydrogen-bond acceptors (Lipinski definition) is 8. The normalized spacial score (nSPS) is 23.5. The second-order valence-corrected chi connectivity index (χ2v) is 8.02. The first kappa shape index (κ1) is 21.9. The summed E-state index contributed by atoms with van der Waals surface area (Å²) in [6.45, 7) is 10.0. The average Bonchev–Trinajstić information content (AvgIpc) is 2.37. The van der Waals surface area contributed by atoms with Gasteiger partial charge in [-0.15, -0.1) is 0 Å². The van der Waals surface area contributed by atoms with E-state index < -0.39 is 48.0 Å². The molecule has 0 bridgehead atoms. The predicted molar refractivity (Wildman–Crippen MR) is 89.0 cm³/mol. The number of carbonyl (C=O) groups excluding carboxylic acids is 2. The summed E-state index contributed by atoms with van der Waals surface area (Å²) >= 11 is 0. The van der Waals surface area contributed by atoms with Gasteiger partial charge in [-0.1, -0.05) is 0 Å². The molecule has 0 aliphatic heterocycles. The van der Waals surface area contributed by atoms with Crippen LogP contribution >= 0.6 is 0 Å². The molecule has 9 nitrogen and oxygen atoms in total. The minimum Gasteiger partial charge on any atom is -0.450 e. The second-order valence-electron chi connectivity index (χ2n) is 8.02. The van der Waals surface area contributed by atoms with Crippen molar-refractivity contribution in [3.05, 3.63) is 0 Å². The summed E-state index contributed by atoms with van der Waals surface area (Å²) in [5, 5.41) is 8.90. The Morgan fingerprint density at radius 2 is 1.19 bits per heavy atom. The minimum absolute atomic E-state index is 0.327. The molecule has 0 amide bonds. The minimum atomic E-state index is -1.51. The van der Waals surface area contributed by atoms with Crippen LogP contribution < -0.4 is 0 Å². The Hall–Kier alpha value is -2.19. The van der Waals surface area contributed by atoms with Crippen LogP contribution in [-0.2, 0) is 23.7 Å². The van der Waals surface area contributed by atoms with Crippen LogP contribution in [0.4, 0.5) is 14.4 Å². The largest absolute Gasteiger partial charge is 0.509 e. The quantitative estimate of drug-likeness (QED) is 0.578. The zero-order valence-corrected chi connectivity index (χ0v) is 16.1. The van der Waals surface area contributed by atoms with Crippen molar-refractivity contribution >= 4 is 18.5 Å². The van der Waals surface area contributed by atoms with Gasteiger partial charge in [-0.05, 0) is 60.8 Å². The lowest BCUT2D eigenvalue weighted by atomic mass is 9.91. The first-order valence-electron chi connectivity index (χ1n) is 8.46. The Labute approximate surface area is 152 Å². The van der Waals surface area contributed by atoms with E-state index in [-0.39, 0.29) is 0 Å². The van der Waals surface area contributed by atoms with Crippen molar-refractivity contribution in [2.75, 3.05) is 0 Å². The third-order valence-corrected chi connectivity index (χ3v) is 3.22. The maximum absolute atomic E-state index is 12.0. The van der Waals surface area contributed by atoms with Gasteiger partial charge in [0.15, 0.2) is 6.10 Å². The molecule has 0 heterocycles. The summed E-state index contributed by atoms with van der Waals surface area (Å²) in [4.78, 5) is 34.9. The number of carbonyl (C=O) groups is 3. The van der Waals surface area contributed by atoms with Crippen LogP contribution in [0.25, 0.3) is 0 Å². The molecule has 26 heavy (non-hydrogen) atoms. The van der Waals surface area contributed by atoms with Gasteiger partial charge in [0, 0.05) is 0 Å². The molecule has 3 unspecified atom stereocenters. The Morgan fingerprint density at radius 1 is 0.769 bits per heavy atom. The molecule has 0 radical (unpaired) electrons. The SMILES string of the molecule is CC(C)(C)OC(=O)OC1CCCC(OC(=O)O)C1OC(=O)OC(C)(C)C. The van der Waals surface area contributed by atoms with Gasteiger partial charge in [0.2, 0.25) is 0 Å². The van der Waals surface area contributed by atoms with Gasteiger partial charge < -0.3 is 28.8 Å². The Balaban J connectivity index is 2.87. The first-order chi connectivity index (χ1) is 11.8. The van der Waals surface area contributed by atoms with E-state index in [1.165, 1.54) is 0 Å². The van der Waals surface area contributed by atoms with E-state index in [4.69, 9.17) is 28.8 Å². The van der Waals surface area contributed by atoms with Crippen LogP contribution in [0.15, 0.2) is 0 Å². The van der Waals surface area contributed by atoms with Crippen LogP contribution in [0, 0.1) is 0 Å². The summed E-state index contributed by atoms with van der Waals surface area (Å²) in [7, 11) is 0. The highest BCUT2D eigenvalue weighted by molar-refractivity contribution is 5.62. The van der Waals surface area contributed by atoms with Gasteiger partial charge in [-0.3, -0.25) is 0 Å². The first-order valence-corrected chi connectivity index (χ1v) is 8.46. The van der Waals surface area contributed by atoms with Crippen molar-refractivity contribution in [1.82, 2.24) is 0 Å². The van der Waals surface area contributed by atoms with Crippen LogP contribution in [0.3, 0.4) is 0 Å². The Morgan fingerprint density at radius 3 is 1.62 bits per heavy atom. The second kappa shape index (κ2) is 8.46. The van der Waals surface area contributed by atoms with Gasteiger partial charge in [0.25, 0.3) is 0 Å². The smallest absolute Gasteiger partial charge is 0.450 e. The summed E-state index contributed by atoms with van der Waals surface area (Å²) in [6, 6.07) is 0. The van der Waals surface area contributed by atoms with E-state index in [0.717, 1.165) is 0 Å². The van der Waals surface area contributed by atoms with E-state index in [1.807, 2.05) is 0 Å². The zero-order valence-electron chi connectivity index (χ0n) is 16.1. The molecule has 1 rings (SSSR count). The molecule has 1 saturated carbocycles. The topological polar surface area (TPSA) is 118 Å². The van der Waals surface area contributed by atoms with Crippen molar-refractivity contribution in [2.45, 2.75) is 90.3 Å². The zero-order chi connectivity index (χ0) is 20.1. The van der Waals surface area contributed by atoms with E-state index >= 15 is 0 Å². The number of carboxylic acid groups (broad SMARTS) is 1. The van der Waals surface area contributed by atoms with Crippen LogP contribution in [0.1, 0.15) is 60.8 Å². The van der Waals surface area contributed by atoms with E-state index in [9.17, 15) is 14.4 Å². The van der Waals surface area contributed by atoms with Crippen molar-refractivity contribution in [2.24, 2.45) is 0 Å². The van der Waals surface area contributed by atoms with Crippen LogP contribution in [-0.4, -0.2) is 53.1 Å². The molecule has 0 aromatic rings. The van der Waals surface area contributed by atoms with E-state index in [0.29, 0.717) is 19.3 Å². The fourth-order valence-corrected chi connectivity index (χ4v) is 2.40. The lowest BCUT2D eigenvalue weighted by Gasteiger charge is -2.36. The Bertz CT molecular complexity index is 515. The highest BCUT2D eigenvalue weighted by Gasteiger charge is 2.42. The molecular weight excluding hydrogens is 348 g/mol. The van der Waals surface area contributed by atoms with Gasteiger partial charge >= 0.3 is 18.5 Å². The van der Waals surface area contributed by atoms with Crippen molar-refractivity contribution in [3.63, 3.8) is 0 Å². The summed E-state index contributed by atoms with van der Waals surface area (Å²) < 4.78 is 25.5. The molecule has 9 heteroatoms. The van der Waals surface area contributed by atoms with Gasteiger partial charge in [-0.25, -0.2) is 14.4 Å². The third kappa shape index (κ3) is 8.26. The Kier molecular flexibility index (Phi) is 7.11. The number of hydrogen-bond donors (Lipinski definition) is 1. The molecular formula is C17H28O9. The summed E-state index contributed by atoms with van der Waals surface area (Å²) in [6.07, 6.45) is -5.22. The maximum Gasteiger partial charge on any atom is 0.509 e. The lowest BCUT2D eigenvalue weighted by Crippen LogP contribution is -2.49. The third-order valence-electron chi connectivity index (χ3n) is 3.22. The molecule has 1 fully saturated rings. The fraction of sp³-hybridized carbons (Fsp3) is 0.824. The standard InChI is InChI=1S/C17H28O9/c1-16(2,3)25-14(20)23-11-9-7-8-10(22-13(18)19)12(11)24-15(21)26-17(4,5)6/h10-12H,7-9H2,1-6H3,(H,18,19). The molecule has 3 atom stereocenters. The summed E-state index contributed by atoms with van der Waals surface area (Å²) in [5.41, 5.74) is -1.55.